The Balaban J connectivity index is 1.45. The maximum Gasteiger partial charge on any atom is 0.254 e. The number of amides is 1. The summed E-state index contributed by atoms with van der Waals surface area (Å²) in [7, 11) is -3.40. The van der Waals surface area contributed by atoms with Crippen molar-refractivity contribution in [3.05, 3.63) is 53.8 Å². The van der Waals surface area contributed by atoms with Crippen LogP contribution in [0, 0.1) is 5.82 Å². The Morgan fingerprint density at radius 3 is 2.45 bits per heavy atom. The number of carbonyl (C=O) groups is 1. The number of hydrogen-bond acceptors (Lipinski definition) is 6. The second-order valence-electron chi connectivity index (χ2n) is 6.83. The molecule has 1 saturated heterocycles. The first-order valence-corrected chi connectivity index (χ1v) is 11.7. The first-order valence-electron chi connectivity index (χ1n) is 8.97. The third-order valence-corrected chi connectivity index (χ3v) is 6.29. The summed E-state index contributed by atoms with van der Waals surface area (Å²) in [6.07, 6.45) is 1.07. The van der Waals surface area contributed by atoms with Crippen LogP contribution >= 0.6 is 11.3 Å². The van der Waals surface area contributed by atoms with Crippen LogP contribution in [0.3, 0.4) is 0 Å². The molecule has 2 aromatic carbocycles. The average Bonchev–Trinajstić information content (AvgIpc) is 3.07. The van der Waals surface area contributed by atoms with Crippen LogP contribution in [0.1, 0.15) is 10.4 Å². The van der Waals surface area contributed by atoms with E-state index in [4.69, 9.17) is 0 Å². The molecule has 0 radical (unpaired) electrons. The van der Waals surface area contributed by atoms with Crippen LogP contribution in [0.5, 0.6) is 0 Å². The van der Waals surface area contributed by atoms with Gasteiger partial charge >= 0.3 is 0 Å². The molecule has 0 spiro atoms. The van der Waals surface area contributed by atoms with E-state index in [0.29, 0.717) is 37.3 Å². The van der Waals surface area contributed by atoms with Crippen molar-refractivity contribution in [2.45, 2.75) is 0 Å². The highest BCUT2D eigenvalue weighted by molar-refractivity contribution is 7.92. The second-order valence-corrected chi connectivity index (χ2v) is 9.61. The minimum Gasteiger partial charge on any atom is -0.368 e. The molecule has 1 fully saturated rings. The molecule has 4 rings (SSSR count). The number of anilines is 2. The number of hydrogen-bond donors (Lipinski definition) is 1. The Morgan fingerprint density at radius 2 is 1.79 bits per heavy atom. The van der Waals surface area contributed by atoms with Crippen LogP contribution in [-0.2, 0) is 10.0 Å². The summed E-state index contributed by atoms with van der Waals surface area (Å²) in [5.74, 6) is -0.340. The lowest BCUT2D eigenvalue weighted by molar-refractivity contribution is 0.0747. The number of nitrogens with one attached hydrogen (secondary N) is 1. The van der Waals surface area contributed by atoms with Crippen LogP contribution in [0.4, 0.5) is 15.2 Å². The SMILES string of the molecule is CS(=O)(=O)Nc1nc2ccc(C(=O)N3CCN(c4ccc(F)cc4)CC3)cc2s1. The van der Waals surface area contributed by atoms with Crippen LogP contribution in [0.25, 0.3) is 10.2 Å². The van der Waals surface area contributed by atoms with Gasteiger partial charge in [-0.1, -0.05) is 11.3 Å². The number of carbonyl (C=O) groups excluding carboxylic acids is 1. The number of fused-ring (bicyclic) bond motifs is 1. The van der Waals surface area contributed by atoms with Gasteiger partial charge in [0.05, 0.1) is 16.5 Å². The number of halogens is 1. The van der Waals surface area contributed by atoms with Crippen molar-refractivity contribution in [3.63, 3.8) is 0 Å². The highest BCUT2D eigenvalue weighted by Gasteiger charge is 2.23. The third kappa shape index (κ3) is 4.48. The highest BCUT2D eigenvalue weighted by Crippen LogP contribution is 2.28. The third-order valence-electron chi connectivity index (χ3n) is 4.67. The van der Waals surface area contributed by atoms with E-state index >= 15 is 0 Å². The van der Waals surface area contributed by atoms with Crippen molar-refractivity contribution in [2.75, 3.05) is 42.1 Å². The molecule has 1 amide bonds. The Hall–Kier alpha value is -2.72. The number of benzene rings is 2. The number of rotatable bonds is 4. The monoisotopic (exact) mass is 434 g/mol. The smallest absolute Gasteiger partial charge is 0.254 e. The molecular weight excluding hydrogens is 415 g/mol. The molecule has 0 atom stereocenters. The number of aromatic nitrogens is 1. The van der Waals surface area contributed by atoms with E-state index in [1.165, 1.54) is 23.5 Å². The molecule has 152 valence electrons. The van der Waals surface area contributed by atoms with Gasteiger partial charge in [-0.3, -0.25) is 9.52 Å². The van der Waals surface area contributed by atoms with Gasteiger partial charge in [0.15, 0.2) is 5.13 Å². The lowest BCUT2D eigenvalue weighted by atomic mass is 10.1. The molecule has 0 unspecified atom stereocenters. The van der Waals surface area contributed by atoms with E-state index in [-0.39, 0.29) is 16.9 Å². The highest BCUT2D eigenvalue weighted by atomic mass is 32.2. The predicted octanol–water partition coefficient (Wildman–Crippen LogP) is 2.77. The van der Waals surface area contributed by atoms with E-state index in [1.54, 1.807) is 35.2 Å². The van der Waals surface area contributed by atoms with Crippen LogP contribution in [-0.4, -0.2) is 56.6 Å². The van der Waals surface area contributed by atoms with Gasteiger partial charge < -0.3 is 9.80 Å². The number of piperazine rings is 1. The van der Waals surface area contributed by atoms with Crippen molar-refractivity contribution >= 4 is 48.3 Å². The van der Waals surface area contributed by atoms with E-state index < -0.39 is 10.0 Å². The van der Waals surface area contributed by atoms with Crippen molar-refractivity contribution in [1.82, 2.24) is 9.88 Å². The Bertz CT molecular complexity index is 1150. The van der Waals surface area contributed by atoms with Gasteiger partial charge in [-0.15, -0.1) is 0 Å². The van der Waals surface area contributed by atoms with E-state index in [9.17, 15) is 17.6 Å². The fourth-order valence-electron chi connectivity index (χ4n) is 3.26. The van der Waals surface area contributed by atoms with Crippen molar-refractivity contribution in [2.24, 2.45) is 0 Å². The van der Waals surface area contributed by atoms with E-state index in [2.05, 4.69) is 14.6 Å². The Morgan fingerprint density at radius 1 is 1.10 bits per heavy atom. The first-order chi connectivity index (χ1) is 13.8. The summed E-state index contributed by atoms with van der Waals surface area (Å²) in [4.78, 5) is 21.0. The van der Waals surface area contributed by atoms with Gasteiger partial charge in [-0.05, 0) is 42.5 Å². The molecule has 1 aromatic heterocycles. The zero-order valence-electron chi connectivity index (χ0n) is 15.6. The Labute approximate surface area is 171 Å². The van der Waals surface area contributed by atoms with Crippen LogP contribution in [0.15, 0.2) is 42.5 Å². The normalized spacial score (nSPS) is 15.0. The fraction of sp³-hybridized carbons (Fsp3) is 0.263. The zero-order chi connectivity index (χ0) is 20.6. The number of nitrogens with zero attached hydrogens (tertiary/aromatic N) is 3. The summed E-state index contributed by atoms with van der Waals surface area (Å²) in [5, 5.41) is 0.278. The fourth-order valence-corrected chi connectivity index (χ4v) is 5.00. The quantitative estimate of drug-likeness (QED) is 0.683. The van der Waals surface area contributed by atoms with Gasteiger partial charge in [-0.25, -0.2) is 17.8 Å². The van der Waals surface area contributed by atoms with Crippen molar-refractivity contribution in [1.29, 1.82) is 0 Å². The molecule has 3 aromatic rings. The average molecular weight is 435 g/mol. The summed E-state index contributed by atoms with van der Waals surface area (Å²) in [6.45, 7) is 2.47. The van der Waals surface area contributed by atoms with E-state index in [1.807, 2.05) is 0 Å². The van der Waals surface area contributed by atoms with Gasteiger partial charge in [0.2, 0.25) is 10.0 Å². The maximum atomic E-state index is 13.1. The second kappa shape index (κ2) is 7.60. The summed E-state index contributed by atoms with van der Waals surface area (Å²) < 4.78 is 39.0. The molecule has 1 N–H and O–H groups in total. The maximum absolute atomic E-state index is 13.1. The van der Waals surface area contributed by atoms with Gasteiger partial charge in [-0.2, -0.15) is 0 Å². The van der Waals surface area contributed by atoms with Crippen LogP contribution < -0.4 is 9.62 Å². The van der Waals surface area contributed by atoms with Crippen molar-refractivity contribution < 1.29 is 17.6 Å². The van der Waals surface area contributed by atoms with Gasteiger partial charge in [0, 0.05) is 37.4 Å². The lowest BCUT2D eigenvalue weighted by Crippen LogP contribution is -2.48. The summed E-state index contributed by atoms with van der Waals surface area (Å²) in [5.41, 5.74) is 2.12. The molecule has 7 nitrogen and oxygen atoms in total. The van der Waals surface area contributed by atoms with Crippen LogP contribution in [0.2, 0.25) is 0 Å². The zero-order valence-corrected chi connectivity index (χ0v) is 17.3. The molecule has 0 bridgehead atoms. The van der Waals surface area contributed by atoms with E-state index in [0.717, 1.165) is 16.6 Å². The largest absolute Gasteiger partial charge is 0.368 e. The minimum absolute atomic E-state index is 0.0725. The molecule has 0 saturated carbocycles. The van der Waals surface area contributed by atoms with Crippen molar-refractivity contribution in [3.8, 4) is 0 Å². The molecule has 2 heterocycles. The standard InChI is InChI=1S/C19H19FN4O3S2/c1-29(26,27)22-19-21-16-7-2-13(12-17(16)28-19)18(25)24-10-8-23(9-11-24)15-5-3-14(20)4-6-15/h2-7,12H,8-11H2,1H3,(H,21,22). The number of sulfonamides is 1. The summed E-state index contributed by atoms with van der Waals surface area (Å²) in [6, 6.07) is 11.5. The van der Waals surface area contributed by atoms with Gasteiger partial charge in [0.25, 0.3) is 5.91 Å². The summed E-state index contributed by atoms with van der Waals surface area (Å²) >= 11 is 1.19. The molecule has 1 aliphatic rings. The lowest BCUT2D eigenvalue weighted by Gasteiger charge is -2.36. The first kappa shape index (κ1) is 19.6. The molecular formula is C19H19FN4O3S2. The minimum atomic E-state index is -3.40. The molecule has 0 aliphatic carbocycles. The molecule has 29 heavy (non-hydrogen) atoms. The predicted molar refractivity (Wildman–Crippen MR) is 113 cm³/mol. The Kier molecular flexibility index (Phi) is 5.13. The molecule has 10 heteroatoms. The molecule has 1 aliphatic heterocycles. The van der Waals surface area contributed by atoms with Gasteiger partial charge in [0.1, 0.15) is 5.82 Å². The number of thiazole rings is 1. The topological polar surface area (TPSA) is 82.6 Å².